The molecule has 1 aromatic rings. The fraction of sp³-hybridized carbons (Fsp3) is 0.300. The molecule has 0 amide bonds. The summed E-state index contributed by atoms with van der Waals surface area (Å²) in [4.78, 5) is 11.4. The first-order chi connectivity index (χ1) is 7.35. The van der Waals surface area contributed by atoms with Gasteiger partial charge >= 0.3 is 6.36 Å². The van der Waals surface area contributed by atoms with E-state index in [4.69, 9.17) is 0 Å². The standard InChI is InChI=1S/C10H8BrF3O2/c1-6-7(8(15)5-11)3-2-4-9(6)16-10(12,13)14/h2-4H,5H2,1H3. The van der Waals surface area contributed by atoms with Crippen LogP contribution >= 0.6 is 15.9 Å². The van der Waals surface area contributed by atoms with Gasteiger partial charge in [-0.05, 0) is 13.0 Å². The van der Waals surface area contributed by atoms with Crippen LogP contribution in [0, 0.1) is 6.92 Å². The fourth-order valence-corrected chi connectivity index (χ4v) is 1.53. The van der Waals surface area contributed by atoms with Crippen LogP contribution in [0.3, 0.4) is 0 Å². The van der Waals surface area contributed by atoms with E-state index in [1.165, 1.54) is 25.1 Å². The maximum atomic E-state index is 12.0. The minimum atomic E-state index is -4.75. The second kappa shape index (κ2) is 4.86. The number of benzene rings is 1. The molecule has 1 aromatic carbocycles. The number of rotatable bonds is 3. The average molecular weight is 297 g/mol. The first-order valence-corrected chi connectivity index (χ1v) is 5.42. The molecule has 1 rings (SSSR count). The zero-order valence-electron chi connectivity index (χ0n) is 8.27. The van der Waals surface area contributed by atoms with Crippen molar-refractivity contribution < 1.29 is 22.7 Å². The highest BCUT2D eigenvalue weighted by Crippen LogP contribution is 2.28. The Kier molecular flexibility index (Phi) is 3.96. The third-order valence-electron chi connectivity index (χ3n) is 1.93. The summed E-state index contributed by atoms with van der Waals surface area (Å²) in [5, 5.41) is 0.0588. The quantitative estimate of drug-likeness (QED) is 0.631. The second-order valence-electron chi connectivity index (χ2n) is 3.03. The van der Waals surface area contributed by atoms with Gasteiger partial charge in [-0.2, -0.15) is 0 Å². The molecule has 0 radical (unpaired) electrons. The molecule has 0 atom stereocenters. The molecular weight excluding hydrogens is 289 g/mol. The summed E-state index contributed by atoms with van der Waals surface area (Å²) in [6.45, 7) is 1.41. The molecule has 0 bridgehead atoms. The number of carbonyl (C=O) groups is 1. The summed E-state index contributed by atoms with van der Waals surface area (Å²) in [6.07, 6.45) is -4.75. The minimum Gasteiger partial charge on any atom is -0.405 e. The number of halogens is 4. The highest BCUT2D eigenvalue weighted by molar-refractivity contribution is 9.09. The SMILES string of the molecule is Cc1c(OC(F)(F)F)cccc1C(=O)CBr. The topological polar surface area (TPSA) is 26.3 Å². The van der Waals surface area contributed by atoms with Gasteiger partial charge in [0.15, 0.2) is 5.78 Å². The van der Waals surface area contributed by atoms with Gasteiger partial charge in [0.2, 0.25) is 0 Å². The summed E-state index contributed by atoms with van der Waals surface area (Å²) >= 11 is 2.96. The number of hydrogen-bond acceptors (Lipinski definition) is 2. The van der Waals surface area contributed by atoms with Crippen molar-refractivity contribution in [2.24, 2.45) is 0 Å². The number of hydrogen-bond donors (Lipinski definition) is 0. The Morgan fingerprint density at radius 2 is 2.06 bits per heavy atom. The highest BCUT2D eigenvalue weighted by atomic mass is 79.9. The van der Waals surface area contributed by atoms with Crippen LogP contribution in [0.5, 0.6) is 5.75 Å². The van der Waals surface area contributed by atoms with E-state index in [-0.39, 0.29) is 28.0 Å². The number of ketones is 1. The van der Waals surface area contributed by atoms with Gasteiger partial charge in [0.25, 0.3) is 0 Å². The molecule has 0 aromatic heterocycles. The van der Waals surface area contributed by atoms with Crippen molar-refractivity contribution in [1.82, 2.24) is 0 Å². The van der Waals surface area contributed by atoms with Gasteiger partial charge in [-0.3, -0.25) is 4.79 Å². The Morgan fingerprint density at radius 1 is 1.44 bits per heavy atom. The number of carbonyl (C=O) groups excluding carboxylic acids is 1. The Hall–Kier alpha value is -1.04. The number of ether oxygens (including phenoxy) is 1. The van der Waals surface area contributed by atoms with Crippen LogP contribution in [0.1, 0.15) is 15.9 Å². The van der Waals surface area contributed by atoms with Crippen LogP contribution < -0.4 is 4.74 Å². The van der Waals surface area contributed by atoms with Crippen molar-refractivity contribution in [2.45, 2.75) is 13.3 Å². The molecule has 0 aliphatic carbocycles. The third-order valence-corrected chi connectivity index (χ3v) is 2.44. The molecule has 0 heterocycles. The summed E-state index contributed by atoms with van der Waals surface area (Å²) in [7, 11) is 0. The van der Waals surface area contributed by atoms with E-state index >= 15 is 0 Å². The van der Waals surface area contributed by atoms with Crippen LogP contribution in [0.15, 0.2) is 18.2 Å². The predicted molar refractivity (Wildman–Crippen MR) is 56.0 cm³/mol. The van der Waals surface area contributed by atoms with Crippen molar-refractivity contribution in [3.05, 3.63) is 29.3 Å². The summed E-state index contributed by atoms with van der Waals surface area (Å²) in [5.41, 5.74) is 0.405. The van der Waals surface area contributed by atoms with Gasteiger partial charge in [0.1, 0.15) is 5.75 Å². The lowest BCUT2D eigenvalue weighted by atomic mass is 10.1. The smallest absolute Gasteiger partial charge is 0.405 e. The van der Waals surface area contributed by atoms with Crippen molar-refractivity contribution in [2.75, 3.05) is 5.33 Å². The molecule has 0 aliphatic heterocycles. The lowest BCUT2D eigenvalue weighted by molar-refractivity contribution is -0.274. The Labute approximate surface area is 98.5 Å². The summed E-state index contributed by atoms with van der Waals surface area (Å²) < 4.78 is 39.9. The Balaban J connectivity index is 3.09. The summed E-state index contributed by atoms with van der Waals surface area (Å²) in [6, 6.07) is 3.99. The van der Waals surface area contributed by atoms with Crippen LogP contribution in [-0.2, 0) is 0 Å². The second-order valence-corrected chi connectivity index (χ2v) is 3.59. The van der Waals surface area contributed by atoms with Crippen LogP contribution in [-0.4, -0.2) is 17.5 Å². The lowest BCUT2D eigenvalue weighted by Gasteiger charge is -2.13. The fourth-order valence-electron chi connectivity index (χ4n) is 1.22. The van der Waals surface area contributed by atoms with E-state index in [1.54, 1.807) is 0 Å². The molecule has 0 N–H and O–H groups in total. The van der Waals surface area contributed by atoms with Gasteiger partial charge in [0.05, 0.1) is 5.33 Å². The highest BCUT2D eigenvalue weighted by Gasteiger charge is 2.32. The normalized spacial score (nSPS) is 11.3. The van der Waals surface area contributed by atoms with Crippen molar-refractivity contribution >= 4 is 21.7 Å². The molecule has 16 heavy (non-hydrogen) atoms. The van der Waals surface area contributed by atoms with Crippen LogP contribution in [0.25, 0.3) is 0 Å². The monoisotopic (exact) mass is 296 g/mol. The van der Waals surface area contributed by atoms with Crippen molar-refractivity contribution in [1.29, 1.82) is 0 Å². The zero-order valence-corrected chi connectivity index (χ0v) is 9.85. The molecule has 0 unspecified atom stereocenters. The van der Waals surface area contributed by atoms with Crippen molar-refractivity contribution in [3.63, 3.8) is 0 Å². The van der Waals surface area contributed by atoms with Crippen LogP contribution in [0.4, 0.5) is 13.2 Å². The molecule has 0 fully saturated rings. The maximum Gasteiger partial charge on any atom is 0.573 e. The van der Waals surface area contributed by atoms with E-state index in [9.17, 15) is 18.0 Å². The van der Waals surface area contributed by atoms with Gasteiger partial charge in [-0.15, -0.1) is 13.2 Å². The molecule has 88 valence electrons. The molecular formula is C10H8BrF3O2. The molecule has 0 saturated heterocycles. The largest absolute Gasteiger partial charge is 0.573 e. The zero-order chi connectivity index (χ0) is 12.3. The van der Waals surface area contributed by atoms with E-state index in [0.29, 0.717) is 0 Å². The van der Waals surface area contributed by atoms with E-state index in [1.807, 2.05) is 0 Å². The Morgan fingerprint density at radius 3 is 2.56 bits per heavy atom. The maximum absolute atomic E-state index is 12.0. The van der Waals surface area contributed by atoms with Gasteiger partial charge in [-0.1, -0.05) is 28.1 Å². The van der Waals surface area contributed by atoms with Crippen LogP contribution in [0.2, 0.25) is 0 Å². The number of alkyl halides is 4. The van der Waals surface area contributed by atoms with E-state index < -0.39 is 6.36 Å². The first-order valence-electron chi connectivity index (χ1n) is 4.29. The minimum absolute atomic E-state index is 0.0588. The summed E-state index contributed by atoms with van der Waals surface area (Å²) in [5.74, 6) is -0.635. The molecule has 0 saturated carbocycles. The van der Waals surface area contributed by atoms with Gasteiger partial charge in [0, 0.05) is 11.1 Å². The molecule has 2 nitrogen and oxygen atoms in total. The first kappa shape index (κ1) is 13.0. The average Bonchev–Trinajstić information content (AvgIpc) is 2.18. The van der Waals surface area contributed by atoms with Gasteiger partial charge in [-0.25, -0.2) is 0 Å². The van der Waals surface area contributed by atoms with E-state index in [0.717, 1.165) is 0 Å². The molecule has 6 heteroatoms. The predicted octanol–water partition coefficient (Wildman–Crippen LogP) is 3.47. The molecule has 0 spiro atoms. The third kappa shape index (κ3) is 3.23. The van der Waals surface area contributed by atoms with E-state index in [2.05, 4.69) is 20.7 Å². The lowest BCUT2D eigenvalue weighted by Crippen LogP contribution is -2.18. The van der Waals surface area contributed by atoms with Gasteiger partial charge < -0.3 is 4.74 Å². The Bertz CT molecular complexity index is 402. The van der Waals surface area contributed by atoms with Crippen molar-refractivity contribution in [3.8, 4) is 5.75 Å². The molecule has 0 aliphatic rings. The number of Topliss-reactive ketones (excluding diaryl/α,β-unsaturated/α-hetero) is 1.